The first-order valence-electron chi connectivity index (χ1n) is 8.78. The largest absolute Gasteiger partial charge is 0.455 e. The topological polar surface area (TPSA) is 71.2 Å². The molecule has 0 atom stereocenters. The summed E-state index contributed by atoms with van der Waals surface area (Å²) in [7, 11) is 0. The molecule has 2 N–H and O–H groups in total. The van der Waals surface area contributed by atoms with Crippen molar-refractivity contribution in [2.24, 2.45) is 0 Å². The van der Waals surface area contributed by atoms with Gasteiger partial charge in [-0.1, -0.05) is 35.9 Å². The third-order valence-electron chi connectivity index (χ3n) is 4.09. The first kappa shape index (κ1) is 19.0. The Morgan fingerprint density at radius 3 is 2.70 bits per heavy atom. The lowest BCUT2D eigenvalue weighted by molar-refractivity contribution is -0.147. The van der Waals surface area contributed by atoms with Gasteiger partial charge in [0.15, 0.2) is 6.61 Å². The molecule has 0 spiro atoms. The van der Waals surface area contributed by atoms with E-state index in [9.17, 15) is 9.59 Å². The van der Waals surface area contributed by atoms with Gasteiger partial charge in [0.25, 0.3) is 5.91 Å². The molecule has 0 unspecified atom stereocenters. The van der Waals surface area contributed by atoms with Crippen molar-refractivity contribution in [2.75, 3.05) is 18.9 Å². The molecular formula is C21H22N2O3S. The molecule has 2 aromatic carbocycles. The zero-order valence-electron chi connectivity index (χ0n) is 15.2. The van der Waals surface area contributed by atoms with E-state index in [1.165, 1.54) is 10.5 Å². The number of aromatic nitrogens is 1. The van der Waals surface area contributed by atoms with Crippen molar-refractivity contribution in [2.45, 2.75) is 18.2 Å². The summed E-state index contributed by atoms with van der Waals surface area (Å²) in [6.45, 7) is 2.32. The van der Waals surface area contributed by atoms with Gasteiger partial charge in [0.05, 0.1) is 6.42 Å². The van der Waals surface area contributed by atoms with Gasteiger partial charge in [-0.2, -0.15) is 0 Å². The summed E-state index contributed by atoms with van der Waals surface area (Å²) in [6.07, 6.45) is 1.94. The molecule has 6 heteroatoms. The van der Waals surface area contributed by atoms with Crippen LogP contribution in [0.15, 0.2) is 59.6 Å². The van der Waals surface area contributed by atoms with E-state index in [-0.39, 0.29) is 18.9 Å². The van der Waals surface area contributed by atoms with Gasteiger partial charge >= 0.3 is 5.97 Å². The molecule has 0 aliphatic heterocycles. The number of H-pyrrole nitrogens is 1. The molecule has 0 bridgehead atoms. The maximum atomic E-state index is 12.0. The number of hydrogen-bond acceptors (Lipinski definition) is 4. The Morgan fingerprint density at radius 2 is 1.89 bits per heavy atom. The van der Waals surface area contributed by atoms with Gasteiger partial charge in [0.2, 0.25) is 0 Å². The summed E-state index contributed by atoms with van der Waals surface area (Å²) in [6, 6.07) is 16.0. The number of thioether (sulfide) groups is 1. The van der Waals surface area contributed by atoms with E-state index in [1.54, 1.807) is 18.0 Å². The minimum Gasteiger partial charge on any atom is -0.455 e. The number of rotatable bonds is 8. The molecule has 0 saturated carbocycles. The number of aryl methyl sites for hydroxylation is 1. The maximum Gasteiger partial charge on any atom is 0.310 e. The van der Waals surface area contributed by atoms with Crippen molar-refractivity contribution in [3.8, 4) is 0 Å². The zero-order chi connectivity index (χ0) is 19.1. The highest BCUT2D eigenvalue weighted by molar-refractivity contribution is 7.99. The summed E-state index contributed by atoms with van der Waals surface area (Å²) < 4.78 is 5.08. The van der Waals surface area contributed by atoms with Crippen molar-refractivity contribution in [3.05, 3.63) is 65.9 Å². The smallest absolute Gasteiger partial charge is 0.310 e. The molecule has 1 aromatic heterocycles. The number of ether oxygens (including phenoxy) is 1. The molecule has 0 radical (unpaired) electrons. The average molecular weight is 382 g/mol. The van der Waals surface area contributed by atoms with Gasteiger partial charge in [0.1, 0.15) is 0 Å². The van der Waals surface area contributed by atoms with Crippen LogP contribution in [0.25, 0.3) is 10.9 Å². The van der Waals surface area contributed by atoms with E-state index in [4.69, 9.17) is 4.74 Å². The highest BCUT2D eigenvalue weighted by Gasteiger charge is 2.11. The van der Waals surface area contributed by atoms with E-state index in [0.717, 1.165) is 22.2 Å². The summed E-state index contributed by atoms with van der Waals surface area (Å²) in [5, 5.41) is 3.76. The number of amides is 1. The highest BCUT2D eigenvalue weighted by Crippen LogP contribution is 2.18. The zero-order valence-corrected chi connectivity index (χ0v) is 16.0. The quantitative estimate of drug-likeness (QED) is 0.356. The third kappa shape index (κ3) is 5.62. The Balaban J connectivity index is 1.35. The monoisotopic (exact) mass is 382 g/mol. The summed E-state index contributed by atoms with van der Waals surface area (Å²) in [5.74, 6) is 0.0636. The van der Waals surface area contributed by atoms with Gasteiger partial charge in [-0.25, -0.2) is 0 Å². The first-order valence-corrected chi connectivity index (χ1v) is 9.77. The van der Waals surface area contributed by atoms with Crippen LogP contribution in [0.1, 0.15) is 11.1 Å². The van der Waals surface area contributed by atoms with Crippen molar-refractivity contribution in [3.63, 3.8) is 0 Å². The molecule has 3 aromatic rings. The Morgan fingerprint density at radius 1 is 1.11 bits per heavy atom. The molecule has 5 nitrogen and oxygen atoms in total. The number of fused-ring (bicyclic) bond motifs is 1. The van der Waals surface area contributed by atoms with E-state index >= 15 is 0 Å². The number of carbonyl (C=O) groups is 2. The fourth-order valence-corrected chi connectivity index (χ4v) is 3.44. The van der Waals surface area contributed by atoms with Gasteiger partial charge < -0.3 is 15.0 Å². The second-order valence-corrected chi connectivity index (χ2v) is 7.38. The fourth-order valence-electron chi connectivity index (χ4n) is 2.68. The minimum atomic E-state index is -0.413. The summed E-state index contributed by atoms with van der Waals surface area (Å²) in [4.78, 5) is 28.1. The lowest BCUT2D eigenvalue weighted by Gasteiger charge is -2.07. The lowest BCUT2D eigenvalue weighted by atomic mass is 10.1. The second kappa shape index (κ2) is 9.28. The number of nitrogens with one attached hydrogen (secondary N) is 2. The molecule has 140 valence electrons. The van der Waals surface area contributed by atoms with Crippen molar-refractivity contribution in [1.29, 1.82) is 0 Å². The van der Waals surface area contributed by atoms with E-state index in [1.807, 2.05) is 24.3 Å². The molecule has 3 rings (SSSR count). The van der Waals surface area contributed by atoms with Crippen LogP contribution in [0.5, 0.6) is 0 Å². The lowest BCUT2D eigenvalue weighted by Crippen LogP contribution is -2.30. The molecule has 0 aliphatic carbocycles. The van der Waals surface area contributed by atoms with Crippen LogP contribution < -0.4 is 5.32 Å². The van der Waals surface area contributed by atoms with Gasteiger partial charge in [-0.3, -0.25) is 9.59 Å². The molecule has 1 amide bonds. The normalized spacial score (nSPS) is 10.7. The van der Waals surface area contributed by atoms with E-state index in [0.29, 0.717) is 6.54 Å². The molecule has 0 saturated heterocycles. The van der Waals surface area contributed by atoms with E-state index < -0.39 is 5.97 Å². The predicted octanol–water partition coefficient (Wildman–Crippen LogP) is 3.47. The average Bonchev–Trinajstić information content (AvgIpc) is 3.08. The van der Waals surface area contributed by atoms with Crippen LogP contribution in [-0.4, -0.2) is 35.8 Å². The number of benzene rings is 2. The van der Waals surface area contributed by atoms with Crippen LogP contribution in [0.3, 0.4) is 0 Å². The Kier molecular flexibility index (Phi) is 6.54. The van der Waals surface area contributed by atoms with Crippen molar-refractivity contribution >= 4 is 34.5 Å². The number of hydrogen-bond donors (Lipinski definition) is 2. The number of para-hydroxylation sites is 1. The van der Waals surface area contributed by atoms with Gasteiger partial charge in [-0.15, -0.1) is 11.8 Å². The fraction of sp³-hybridized carbons (Fsp3) is 0.238. The molecule has 27 heavy (non-hydrogen) atoms. The number of aromatic amines is 1. The van der Waals surface area contributed by atoms with Crippen LogP contribution in [0.2, 0.25) is 0 Å². The highest BCUT2D eigenvalue weighted by atomic mass is 32.2. The molecule has 0 aliphatic rings. The molecule has 0 fully saturated rings. The number of esters is 1. The van der Waals surface area contributed by atoms with Crippen LogP contribution in [0, 0.1) is 6.92 Å². The third-order valence-corrected chi connectivity index (χ3v) is 5.10. The number of carbonyl (C=O) groups excluding carboxylic acids is 2. The van der Waals surface area contributed by atoms with Crippen molar-refractivity contribution < 1.29 is 14.3 Å². The first-order chi connectivity index (χ1) is 13.1. The maximum absolute atomic E-state index is 12.0. The molecular weight excluding hydrogens is 360 g/mol. The summed E-state index contributed by atoms with van der Waals surface area (Å²) >= 11 is 1.67. The standard InChI is InChI=1S/C21H22N2O3S/c1-15-6-8-17(9-7-15)27-11-10-22-20(24)14-26-21(25)12-16-13-23-19-5-3-2-4-18(16)19/h2-9,13,23H,10-12,14H2,1H3,(H,22,24). The minimum absolute atomic E-state index is 0.139. The van der Waals surface area contributed by atoms with Crippen LogP contribution >= 0.6 is 11.8 Å². The van der Waals surface area contributed by atoms with Gasteiger partial charge in [-0.05, 0) is 30.7 Å². The Labute approximate surface area is 162 Å². The summed E-state index contributed by atoms with van der Waals surface area (Å²) in [5.41, 5.74) is 3.07. The Bertz CT molecular complexity index is 919. The predicted molar refractivity (Wildman–Crippen MR) is 108 cm³/mol. The second-order valence-electron chi connectivity index (χ2n) is 6.21. The van der Waals surface area contributed by atoms with Crippen LogP contribution in [-0.2, 0) is 20.7 Å². The Hall–Kier alpha value is -2.73. The van der Waals surface area contributed by atoms with Crippen molar-refractivity contribution in [1.82, 2.24) is 10.3 Å². The molecule has 1 heterocycles. The SMILES string of the molecule is Cc1ccc(SCCNC(=O)COC(=O)Cc2c[nH]c3ccccc23)cc1. The van der Waals surface area contributed by atoms with E-state index in [2.05, 4.69) is 41.5 Å². The van der Waals surface area contributed by atoms with Crippen LogP contribution in [0.4, 0.5) is 0 Å². The van der Waals surface area contributed by atoms with Gasteiger partial charge in [0, 0.05) is 34.3 Å².